The van der Waals surface area contributed by atoms with Crippen molar-refractivity contribution in [2.24, 2.45) is 10.9 Å². The average molecular weight is 452 g/mol. The minimum absolute atomic E-state index is 0. The van der Waals surface area contributed by atoms with Gasteiger partial charge in [0.25, 0.3) is 0 Å². The Bertz CT molecular complexity index is 463. The van der Waals surface area contributed by atoms with Crippen LogP contribution in [0, 0.1) is 5.92 Å². The summed E-state index contributed by atoms with van der Waals surface area (Å²) in [6.45, 7) is 14.3. The Morgan fingerprint density at radius 1 is 1.29 bits per heavy atom. The molecule has 0 amide bonds. The summed E-state index contributed by atoms with van der Waals surface area (Å²) in [4.78, 5) is 4.58. The lowest BCUT2D eigenvalue weighted by atomic mass is 10.0. The van der Waals surface area contributed by atoms with Crippen molar-refractivity contribution in [3.8, 4) is 0 Å². The van der Waals surface area contributed by atoms with Crippen molar-refractivity contribution in [2.45, 2.75) is 60.2 Å². The van der Waals surface area contributed by atoms with Crippen molar-refractivity contribution in [2.75, 3.05) is 19.7 Å². The monoisotopic (exact) mass is 452 g/mol. The second-order valence-corrected chi connectivity index (χ2v) is 5.68. The van der Waals surface area contributed by atoms with Gasteiger partial charge in [-0.3, -0.25) is 0 Å². The first-order chi connectivity index (χ1) is 11.1. The smallest absolute Gasteiger partial charge is 0.191 e. The molecule has 1 atom stereocenters. The van der Waals surface area contributed by atoms with E-state index in [0.717, 1.165) is 44.4 Å². The van der Waals surface area contributed by atoms with Crippen molar-refractivity contribution >= 4 is 29.9 Å². The Morgan fingerprint density at radius 3 is 2.62 bits per heavy atom. The van der Waals surface area contributed by atoms with E-state index in [1.165, 1.54) is 0 Å². The fraction of sp³-hybridized carbons (Fsp3) is 0.812. The van der Waals surface area contributed by atoms with Gasteiger partial charge in [-0.25, -0.2) is 4.99 Å². The molecular formula is C16H33IN6O. The molecule has 8 heteroatoms. The SMILES string of the molecule is CCNC(=NCc1nncn1CC)NCCC(OCC)C(C)C.I. The summed E-state index contributed by atoms with van der Waals surface area (Å²) in [5.41, 5.74) is 0. The first kappa shape index (κ1) is 23.1. The topological polar surface area (TPSA) is 76.4 Å². The van der Waals surface area contributed by atoms with Gasteiger partial charge in [0.1, 0.15) is 12.9 Å². The molecule has 2 N–H and O–H groups in total. The average Bonchev–Trinajstić information content (AvgIpc) is 2.99. The highest BCUT2D eigenvalue weighted by molar-refractivity contribution is 14.0. The lowest BCUT2D eigenvalue weighted by Crippen LogP contribution is -2.39. The van der Waals surface area contributed by atoms with E-state index in [1.807, 2.05) is 11.5 Å². The molecule has 0 spiro atoms. The molecule has 0 aliphatic carbocycles. The highest BCUT2D eigenvalue weighted by Crippen LogP contribution is 2.09. The van der Waals surface area contributed by atoms with Crippen molar-refractivity contribution in [3.05, 3.63) is 12.2 Å². The Morgan fingerprint density at radius 2 is 2.04 bits per heavy atom. The number of aryl methyl sites for hydroxylation is 1. The number of aliphatic imine (C=N–C) groups is 1. The summed E-state index contributed by atoms with van der Waals surface area (Å²) in [5, 5.41) is 14.7. The maximum Gasteiger partial charge on any atom is 0.191 e. The fourth-order valence-electron chi connectivity index (χ4n) is 2.31. The molecule has 0 aliphatic rings. The van der Waals surface area contributed by atoms with Crippen molar-refractivity contribution in [1.29, 1.82) is 0 Å². The fourth-order valence-corrected chi connectivity index (χ4v) is 2.31. The van der Waals surface area contributed by atoms with Gasteiger partial charge in [0.2, 0.25) is 0 Å². The predicted octanol–water partition coefficient (Wildman–Crippen LogP) is 2.42. The molecule has 0 fully saturated rings. The van der Waals surface area contributed by atoms with Crippen LogP contribution in [0.1, 0.15) is 46.9 Å². The van der Waals surface area contributed by atoms with E-state index in [0.29, 0.717) is 12.5 Å². The molecule has 0 radical (unpaired) electrons. The molecule has 0 aliphatic heterocycles. The number of rotatable bonds is 10. The summed E-state index contributed by atoms with van der Waals surface area (Å²) in [6.07, 6.45) is 2.97. The standard InChI is InChI=1S/C16H32N6O.HI/c1-6-17-16(18-10-9-14(13(4)5)23-8-3)19-11-15-21-20-12-22(15)7-2;/h12-14H,6-11H2,1-5H3,(H2,17,18,19);1H. The van der Waals surface area contributed by atoms with Gasteiger partial charge in [-0.15, -0.1) is 34.2 Å². The zero-order chi connectivity index (χ0) is 17.1. The van der Waals surface area contributed by atoms with Crippen LogP contribution >= 0.6 is 24.0 Å². The molecule has 1 heterocycles. The van der Waals surface area contributed by atoms with E-state index >= 15 is 0 Å². The van der Waals surface area contributed by atoms with Crippen molar-refractivity contribution in [1.82, 2.24) is 25.4 Å². The van der Waals surface area contributed by atoms with Gasteiger partial charge in [0.15, 0.2) is 11.8 Å². The molecule has 0 aromatic carbocycles. The Kier molecular flexibility index (Phi) is 12.9. The predicted molar refractivity (Wildman–Crippen MR) is 109 cm³/mol. The lowest BCUT2D eigenvalue weighted by Gasteiger charge is -2.21. The van der Waals surface area contributed by atoms with Crippen LogP contribution in [-0.4, -0.2) is 46.5 Å². The summed E-state index contributed by atoms with van der Waals surface area (Å²) >= 11 is 0. The number of ether oxygens (including phenoxy) is 1. The largest absolute Gasteiger partial charge is 0.378 e. The Hall–Kier alpha value is -0.900. The molecule has 24 heavy (non-hydrogen) atoms. The van der Waals surface area contributed by atoms with E-state index < -0.39 is 0 Å². The maximum absolute atomic E-state index is 5.77. The normalized spacial score (nSPS) is 12.8. The highest BCUT2D eigenvalue weighted by Gasteiger charge is 2.13. The third-order valence-electron chi connectivity index (χ3n) is 3.60. The summed E-state index contributed by atoms with van der Waals surface area (Å²) in [7, 11) is 0. The number of nitrogens with one attached hydrogen (secondary N) is 2. The van der Waals surface area contributed by atoms with Gasteiger partial charge in [0.05, 0.1) is 6.10 Å². The molecule has 7 nitrogen and oxygen atoms in total. The van der Waals surface area contributed by atoms with Crippen LogP contribution < -0.4 is 10.6 Å². The molecule has 1 aromatic heterocycles. The lowest BCUT2D eigenvalue weighted by molar-refractivity contribution is 0.0258. The van der Waals surface area contributed by atoms with Crippen LogP contribution in [0.4, 0.5) is 0 Å². The Balaban J connectivity index is 0.00000529. The van der Waals surface area contributed by atoms with Gasteiger partial charge in [0, 0.05) is 26.2 Å². The van der Waals surface area contributed by atoms with E-state index in [9.17, 15) is 0 Å². The quantitative estimate of drug-likeness (QED) is 0.324. The van der Waals surface area contributed by atoms with Gasteiger partial charge < -0.3 is 19.9 Å². The molecule has 1 unspecified atom stereocenters. The van der Waals surface area contributed by atoms with Crippen LogP contribution in [0.5, 0.6) is 0 Å². The molecular weight excluding hydrogens is 419 g/mol. The molecule has 0 saturated carbocycles. The number of aromatic nitrogens is 3. The number of nitrogens with zero attached hydrogens (tertiary/aromatic N) is 4. The molecule has 1 aromatic rings. The first-order valence-corrected chi connectivity index (χ1v) is 8.62. The van der Waals surface area contributed by atoms with Crippen LogP contribution in [0.2, 0.25) is 0 Å². The second kappa shape index (κ2) is 13.4. The molecule has 1 rings (SSSR count). The summed E-state index contributed by atoms with van der Waals surface area (Å²) in [6, 6.07) is 0. The van der Waals surface area contributed by atoms with E-state index in [1.54, 1.807) is 6.33 Å². The van der Waals surface area contributed by atoms with Gasteiger partial charge in [-0.2, -0.15) is 0 Å². The Labute approximate surface area is 163 Å². The zero-order valence-corrected chi connectivity index (χ0v) is 17.9. The van der Waals surface area contributed by atoms with Crippen molar-refractivity contribution in [3.63, 3.8) is 0 Å². The maximum atomic E-state index is 5.77. The third kappa shape index (κ3) is 8.27. The van der Waals surface area contributed by atoms with Gasteiger partial charge >= 0.3 is 0 Å². The van der Waals surface area contributed by atoms with Gasteiger partial charge in [-0.05, 0) is 33.1 Å². The summed E-state index contributed by atoms with van der Waals surface area (Å²) < 4.78 is 7.77. The van der Waals surface area contributed by atoms with E-state index in [-0.39, 0.29) is 30.1 Å². The second-order valence-electron chi connectivity index (χ2n) is 5.68. The van der Waals surface area contributed by atoms with Crippen LogP contribution in [0.3, 0.4) is 0 Å². The van der Waals surface area contributed by atoms with Crippen molar-refractivity contribution < 1.29 is 4.74 Å². The molecule has 140 valence electrons. The van der Waals surface area contributed by atoms with E-state index in [4.69, 9.17) is 4.74 Å². The first-order valence-electron chi connectivity index (χ1n) is 8.62. The molecule has 0 saturated heterocycles. The number of guanidine groups is 1. The number of hydrogen-bond donors (Lipinski definition) is 2. The van der Waals surface area contributed by atoms with Gasteiger partial charge in [-0.1, -0.05) is 13.8 Å². The molecule has 0 bridgehead atoms. The minimum atomic E-state index is 0. The van der Waals surface area contributed by atoms with Crippen LogP contribution in [0.25, 0.3) is 0 Å². The third-order valence-corrected chi connectivity index (χ3v) is 3.60. The van der Waals surface area contributed by atoms with Crippen LogP contribution in [-0.2, 0) is 17.8 Å². The summed E-state index contributed by atoms with van der Waals surface area (Å²) in [5.74, 6) is 2.19. The zero-order valence-electron chi connectivity index (χ0n) is 15.6. The number of hydrogen-bond acceptors (Lipinski definition) is 4. The minimum Gasteiger partial charge on any atom is -0.378 e. The number of halogens is 1. The van der Waals surface area contributed by atoms with E-state index in [2.05, 4.69) is 53.5 Å². The van der Waals surface area contributed by atoms with Crippen LogP contribution in [0.15, 0.2) is 11.3 Å². The highest BCUT2D eigenvalue weighted by atomic mass is 127.